The van der Waals surface area contributed by atoms with Crippen molar-refractivity contribution in [3.63, 3.8) is 0 Å². The van der Waals surface area contributed by atoms with Crippen LogP contribution >= 0.6 is 0 Å². The molecule has 0 saturated carbocycles. The van der Waals surface area contributed by atoms with E-state index in [9.17, 15) is 4.79 Å². The smallest absolute Gasteiger partial charge is 0.277 e. The minimum atomic E-state index is -0.347. The number of nitrogens with one attached hydrogen (secondary N) is 1. The summed E-state index contributed by atoms with van der Waals surface area (Å²) in [5.41, 5.74) is 3.21. The third-order valence-corrected chi connectivity index (χ3v) is 3.90. The highest BCUT2D eigenvalue weighted by Crippen LogP contribution is 2.26. The van der Waals surface area contributed by atoms with Crippen molar-refractivity contribution >= 4 is 22.9 Å². The third-order valence-electron chi connectivity index (χ3n) is 3.90. The molecular weight excluding hydrogens is 344 g/mol. The maximum atomic E-state index is 11.9. The van der Waals surface area contributed by atoms with Crippen molar-refractivity contribution in [3.8, 4) is 17.2 Å². The number of rotatable bonds is 7. The van der Waals surface area contributed by atoms with E-state index in [4.69, 9.17) is 14.2 Å². The quantitative estimate of drug-likeness (QED) is 0.515. The van der Waals surface area contributed by atoms with Gasteiger partial charge in [0, 0.05) is 0 Å². The molecule has 6 nitrogen and oxygen atoms in total. The number of benzene rings is 3. The van der Waals surface area contributed by atoms with Gasteiger partial charge in [-0.3, -0.25) is 4.79 Å². The molecule has 0 unspecified atom stereocenters. The molecule has 1 N–H and O–H groups in total. The molecule has 0 saturated heterocycles. The number of hydrogen-bond acceptors (Lipinski definition) is 5. The summed E-state index contributed by atoms with van der Waals surface area (Å²) in [6.45, 7) is -0.123. The number of hydrogen-bond donors (Lipinski definition) is 1. The van der Waals surface area contributed by atoms with Crippen LogP contribution in [0.25, 0.3) is 10.8 Å². The Morgan fingerprint density at radius 3 is 2.52 bits per heavy atom. The lowest BCUT2D eigenvalue weighted by atomic mass is 10.1. The van der Waals surface area contributed by atoms with Crippen LogP contribution in [0.4, 0.5) is 0 Å². The van der Waals surface area contributed by atoms with Crippen LogP contribution in [0.5, 0.6) is 17.2 Å². The molecule has 1 amide bonds. The largest absolute Gasteiger partial charge is 0.493 e. The Morgan fingerprint density at radius 1 is 0.963 bits per heavy atom. The molecule has 0 bridgehead atoms. The minimum absolute atomic E-state index is 0.123. The van der Waals surface area contributed by atoms with Crippen molar-refractivity contribution in [2.24, 2.45) is 5.10 Å². The van der Waals surface area contributed by atoms with E-state index < -0.39 is 0 Å². The topological polar surface area (TPSA) is 69.2 Å². The van der Waals surface area contributed by atoms with Gasteiger partial charge in [0.05, 0.1) is 20.4 Å². The fourth-order valence-electron chi connectivity index (χ4n) is 2.55. The van der Waals surface area contributed by atoms with Crippen molar-refractivity contribution in [2.75, 3.05) is 20.8 Å². The average molecular weight is 364 g/mol. The van der Waals surface area contributed by atoms with E-state index >= 15 is 0 Å². The number of fused-ring (bicyclic) bond motifs is 1. The molecule has 3 aromatic carbocycles. The molecule has 3 aromatic rings. The predicted octanol–water partition coefficient (Wildman–Crippen LogP) is 3.39. The highest BCUT2D eigenvalue weighted by atomic mass is 16.5. The van der Waals surface area contributed by atoms with Gasteiger partial charge >= 0.3 is 0 Å². The molecule has 0 radical (unpaired) electrons. The van der Waals surface area contributed by atoms with E-state index in [1.165, 1.54) is 6.21 Å². The summed E-state index contributed by atoms with van der Waals surface area (Å²) in [6, 6.07) is 19.0. The maximum Gasteiger partial charge on any atom is 0.277 e. The van der Waals surface area contributed by atoms with E-state index in [1.807, 2.05) is 48.5 Å². The summed E-state index contributed by atoms with van der Waals surface area (Å²) in [4.78, 5) is 11.9. The molecule has 0 spiro atoms. The van der Waals surface area contributed by atoms with Crippen LogP contribution in [0.3, 0.4) is 0 Å². The second kappa shape index (κ2) is 8.71. The van der Waals surface area contributed by atoms with Crippen LogP contribution in [-0.4, -0.2) is 32.9 Å². The Balaban J connectivity index is 1.53. The number of ether oxygens (including phenoxy) is 3. The Labute approximate surface area is 157 Å². The number of methoxy groups -OCH3 is 2. The molecule has 0 atom stereocenters. The Hall–Kier alpha value is -3.54. The standard InChI is InChI=1S/C21H20N2O4/c1-25-19-10-7-15(11-20(19)26-2)13-22-23-21(24)14-27-18-9-8-16-5-3-4-6-17(16)12-18/h3-13H,14H2,1-2H3,(H,23,24). The van der Waals surface area contributed by atoms with Gasteiger partial charge in [-0.2, -0.15) is 5.10 Å². The molecule has 0 fully saturated rings. The molecule has 0 aliphatic carbocycles. The lowest BCUT2D eigenvalue weighted by molar-refractivity contribution is -0.123. The first-order chi connectivity index (χ1) is 13.2. The van der Waals surface area contributed by atoms with E-state index in [0.717, 1.165) is 16.3 Å². The van der Waals surface area contributed by atoms with Crippen molar-refractivity contribution < 1.29 is 19.0 Å². The first-order valence-corrected chi connectivity index (χ1v) is 8.35. The zero-order valence-electron chi connectivity index (χ0n) is 15.1. The SMILES string of the molecule is COc1ccc(C=NNC(=O)COc2ccc3ccccc3c2)cc1OC. The summed E-state index contributed by atoms with van der Waals surface area (Å²) in [6.07, 6.45) is 1.52. The minimum Gasteiger partial charge on any atom is -0.493 e. The van der Waals surface area contributed by atoms with Crippen molar-refractivity contribution in [2.45, 2.75) is 0 Å². The van der Waals surface area contributed by atoms with Crippen molar-refractivity contribution in [1.82, 2.24) is 5.43 Å². The fourth-order valence-corrected chi connectivity index (χ4v) is 2.55. The predicted molar refractivity (Wildman–Crippen MR) is 105 cm³/mol. The molecule has 0 aliphatic rings. The third kappa shape index (κ3) is 4.76. The molecule has 0 aromatic heterocycles. The lowest BCUT2D eigenvalue weighted by Crippen LogP contribution is -2.24. The molecule has 138 valence electrons. The monoisotopic (exact) mass is 364 g/mol. The molecule has 27 heavy (non-hydrogen) atoms. The Bertz CT molecular complexity index is 969. The second-order valence-electron chi connectivity index (χ2n) is 5.71. The Morgan fingerprint density at radius 2 is 1.74 bits per heavy atom. The van der Waals surface area contributed by atoms with Crippen LogP contribution in [0.2, 0.25) is 0 Å². The normalized spacial score (nSPS) is 10.7. The zero-order chi connectivity index (χ0) is 19.1. The summed E-state index contributed by atoms with van der Waals surface area (Å²) >= 11 is 0. The average Bonchev–Trinajstić information content (AvgIpc) is 2.72. The summed E-state index contributed by atoms with van der Waals surface area (Å²) in [7, 11) is 3.13. The molecular formula is C21H20N2O4. The van der Waals surface area contributed by atoms with Gasteiger partial charge in [0.25, 0.3) is 5.91 Å². The van der Waals surface area contributed by atoms with Gasteiger partial charge in [0.15, 0.2) is 18.1 Å². The van der Waals surface area contributed by atoms with Crippen LogP contribution in [0, 0.1) is 0 Å². The van der Waals surface area contributed by atoms with E-state index in [2.05, 4.69) is 10.5 Å². The van der Waals surface area contributed by atoms with Crippen molar-refractivity contribution in [1.29, 1.82) is 0 Å². The van der Waals surface area contributed by atoms with E-state index in [1.54, 1.807) is 26.4 Å². The van der Waals surface area contributed by atoms with Gasteiger partial charge in [-0.1, -0.05) is 30.3 Å². The zero-order valence-corrected chi connectivity index (χ0v) is 15.1. The van der Waals surface area contributed by atoms with E-state index in [-0.39, 0.29) is 12.5 Å². The summed E-state index contributed by atoms with van der Waals surface area (Å²) in [5, 5.41) is 6.11. The first kappa shape index (κ1) is 18.3. The lowest BCUT2D eigenvalue weighted by Gasteiger charge is -2.07. The number of amides is 1. The van der Waals surface area contributed by atoms with Gasteiger partial charge < -0.3 is 14.2 Å². The van der Waals surface area contributed by atoms with Crippen LogP contribution < -0.4 is 19.6 Å². The summed E-state index contributed by atoms with van der Waals surface area (Å²) in [5.74, 6) is 1.50. The number of hydrazone groups is 1. The second-order valence-corrected chi connectivity index (χ2v) is 5.71. The van der Waals surface area contributed by atoms with Crippen molar-refractivity contribution in [3.05, 3.63) is 66.2 Å². The molecule has 6 heteroatoms. The molecule has 3 rings (SSSR count). The highest BCUT2D eigenvalue weighted by Gasteiger charge is 2.04. The number of carbonyl (C=O) groups excluding carboxylic acids is 1. The van der Waals surface area contributed by atoms with Gasteiger partial charge in [0.2, 0.25) is 0 Å². The van der Waals surface area contributed by atoms with Crippen LogP contribution in [0.15, 0.2) is 65.8 Å². The maximum absolute atomic E-state index is 11.9. The molecule has 0 aliphatic heterocycles. The van der Waals surface area contributed by atoms with Gasteiger partial charge in [-0.25, -0.2) is 5.43 Å². The Kier molecular flexibility index (Phi) is 5.89. The number of nitrogens with zero attached hydrogens (tertiary/aromatic N) is 1. The van der Waals surface area contributed by atoms with Gasteiger partial charge in [0.1, 0.15) is 5.75 Å². The van der Waals surface area contributed by atoms with Crippen LogP contribution in [0.1, 0.15) is 5.56 Å². The van der Waals surface area contributed by atoms with Gasteiger partial charge in [-0.05, 0) is 46.7 Å². The summed E-state index contributed by atoms with van der Waals surface area (Å²) < 4.78 is 15.9. The van der Waals surface area contributed by atoms with E-state index in [0.29, 0.717) is 17.2 Å². The first-order valence-electron chi connectivity index (χ1n) is 8.35. The van der Waals surface area contributed by atoms with Crippen LogP contribution in [-0.2, 0) is 4.79 Å². The van der Waals surface area contributed by atoms with Gasteiger partial charge in [-0.15, -0.1) is 0 Å². The molecule has 0 heterocycles. The highest BCUT2D eigenvalue weighted by molar-refractivity contribution is 5.85. The fraction of sp³-hybridized carbons (Fsp3) is 0.143. The number of carbonyl (C=O) groups is 1.